The molecule has 0 aliphatic carbocycles. The number of pyridine rings is 2. The van der Waals surface area contributed by atoms with Crippen molar-refractivity contribution in [1.82, 2.24) is 15.3 Å². The molecule has 120 valence electrons. The molecule has 0 aromatic carbocycles. The molecule has 1 N–H and O–H groups in total. The van der Waals surface area contributed by atoms with Crippen LogP contribution in [-0.2, 0) is 6.42 Å². The SMILES string of the molecule is O=C(NCCc1ccncc1)c1ccc(O[C@H]2CCSC2)nc1. The zero-order valence-corrected chi connectivity index (χ0v) is 13.6. The molecule has 0 radical (unpaired) electrons. The highest BCUT2D eigenvalue weighted by Gasteiger charge is 2.17. The lowest BCUT2D eigenvalue weighted by atomic mass is 10.2. The molecule has 1 aliphatic heterocycles. The highest BCUT2D eigenvalue weighted by Crippen LogP contribution is 2.21. The van der Waals surface area contributed by atoms with Gasteiger partial charge >= 0.3 is 0 Å². The Hall–Kier alpha value is -2.08. The van der Waals surface area contributed by atoms with Crippen molar-refractivity contribution in [3.63, 3.8) is 0 Å². The minimum atomic E-state index is -0.116. The van der Waals surface area contributed by atoms with Crippen molar-refractivity contribution in [2.75, 3.05) is 18.1 Å². The summed E-state index contributed by atoms with van der Waals surface area (Å²) in [6.45, 7) is 0.584. The standard InChI is InChI=1S/C17H19N3O2S/c21-17(19-9-5-13-3-7-18-8-4-13)14-1-2-16(20-11-14)22-15-6-10-23-12-15/h1-4,7-8,11,15H,5-6,9-10,12H2,(H,19,21)/t15-/m0/s1. The van der Waals surface area contributed by atoms with Crippen LogP contribution < -0.4 is 10.1 Å². The second-order valence-corrected chi connectivity index (χ2v) is 6.50. The van der Waals surface area contributed by atoms with Gasteiger partial charge in [0.1, 0.15) is 6.10 Å². The summed E-state index contributed by atoms with van der Waals surface area (Å²) in [5.74, 6) is 2.63. The maximum absolute atomic E-state index is 12.1. The molecule has 1 fully saturated rings. The molecule has 1 saturated heterocycles. The first-order chi connectivity index (χ1) is 11.3. The molecule has 0 unspecified atom stereocenters. The summed E-state index contributed by atoms with van der Waals surface area (Å²) in [4.78, 5) is 20.3. The number of nitrogens with one attached hydrogen (secondary N) is 1. The van der Waals surface area contributed by atoms with E-state index < -0.39 is 0 Å². The van der Waals surface area contributed by atoms with Crippen LogP contribution in [-0.4, -0.2) is 40.0 Å². The summed E-state index contributed by atoms with van der Waals surface area (Å²) >= 11 is 1.90. The van der Waals surface area contributed by atoms with Crippen LogP contribution in [0.2, 0.25) is 0 Å². The van der Waals surface area contributed by atoms with Gasteiger partial charge in [0, 0.05) is 37.0 Å². The Bertz CT molecular complexity index is 628. The Balaban J connectivity index is 1.47. The number of aromatic nitrogens is 2. The van der Waals surface area contributed by atoms with E-state index in [2.05, 4.69) is 15.3 Å². The second-order valence-electron chi connectivity index (χ2n) is 5.35. The summed E-state index contributed by atoms with van der Waals surface area (Å²) in [6, 6.07) is 7.41. The predicted octanol–water partition coefficient (Wildman–Crippen LogP) is 2.33. The van der Waals surface area contributed by atoms with Gasteiger partial charge in [-0.3, -0.25) is 9.78 Å². The fourth-order valence-electron chi connectivity index (χ4n) is 2.33. The molecule has 5 nitrogen and oxygen atoms in total. The van der Waals surface area contributed by atoms with Gasteiger partial charge < -0.3 is 10.1 Å². The topological polar surface area (TPSA) is 64.1 Å². The third kappa shape index (κ3) is 4.69. The van der Waals surface area contributed by atoms with Crippen molar-refractivity contribution < 1.29 is 9.53 Å². The van der Waals surface area contributed by atoms with E-state index in [1.807, 2.05) is 23.9 Å². The molecular weight excluding hydrogens is 310 g/mol. The molecule has 0 spiro atoms. The average molecular weight is 329 g/mol. The van der Waals surface area contributed by atoms with E-state index in [1.54, 1.807) is 30.7 Å². The lowest BCUT2D eigenvalue weighted by molar-refractivity contribution is 0.0953. The van der Waals surface area contributed by atoms with E-state index in [-0.39, 0.29) is 12.0 Å². The largest absolute Gasteiger partial charge is 0.473 e. The fraction of sp³-hybridized carbons (Fsp3) is 0.353. The van der Waals surface area contributed by atoms with Crippen molar-refractivity contribution in [3.05, 3.63) is 54.0 Å². The van der Waals surface area contributed by atoms with Gasteiger partial charge in [0.15, 0.2) is 0 Å². The highest BCUT2D eigenvalue weighted by molar-refractivity contribution is 7.99. The van der Waals surface area contributed by atoms with Gasteiger partial charge in [-0.2, -0.15) is 11.8 Å². The van der Waals surface area contributed by atoms with Crippen molar-refractivity contribution in [1.29, 1.82) is 0 Å². The number of hydrogen-bond acceptors (Lipinski definition) is 5. The number of rotatable bonds is 6. The van der Waals surface area contributed by atoms with Crippen LogP contribution in [0.5, 0.6) is 5.88 Å². The third-order valence-corrected chi connectivity index (χ3v) is 4.75. The lowest BCUT2D eigenvalue weighted by Gasteiger charge is -2.11. The van der Waals surface area contributed by atoms with Gasteiger partial charge in [-0.15, -0.1) is 0 Å². The summed E-state index contributed by atoms with van der Waals surface area (Å²) < 4.78 is 5.78. The third-order valence-electron chi connectivity index (χ3n) is 3.62. The average Bonchev–Trinajstić information content (AvgIpc) is 3.09. The summed E-state index contributed by atoms with van der Waals surface area (Å²) in [5.41, 5.74) is 1.70. The van der Waals surface area contributed by atoms with Gasteiger partial charge in [0.05, 0.1) is 5.56 Å². The number of carbonyl (C=O) groups excluding carboxylic acids is 1. The molecule has 6 heteroatoms. The normalized spacial score (nSPS) is 17.0. The Morgan fingerprint density at radius 1 is 1.30 bits per heavy atom. The van der Waals surface area contributed by atoms with Gasteiger partial charge in [0.25, 0.3) is 5.91 Å². The predicted molar refractivity (Wildman–Crippen MR) is 90.9 cm³/mol. The smallest absolute Gasteiger partial charge is 0.252 e. The number of amides is 1. The van der Waals surface area contributed by atoms with E-state index in [0.29, 0.717) is 18.0 Å². The monoisotopic (exact) mass is 329 g/mol. The molecule has 23 heavy (non-hydrogen) atoms. The van der Waals surface area contributed by atoms with Crippen LogP contribution in [0.4, 0.5) is 0 Å². The van der Waals surface area contributed by atoms with Crippen LogP contribution in [0.1, 0.15) is 22.3 Å². The first-order valence-electron chi connectivity index (χ1n) is 7.69. The van der Waals surface area contributed by atoms with E-state index in [4.69, 9.17) is 4.74 Å². The summed E-state index contributed by atoms with van der Waals surface area (Å²) in [6.07, 6.45) is 7.16. The van der Waals surface area contributed by atoms with Gasteiger partial charge in [0.2, 0.25) is 5.88 Å². The zero-order valence-electron chi connectivity index (χ0n) is 12.8. The van der Waals surface area contributed by atoms with Gasteiger partial charge in [-0.1, -0.05) is 0 Å². The van der Waals surface area contributed by atoms with Crippen molar-refractivity contribution in [3.8, 4) is 5.88 Å². The molecule has 1 amide bonds. The Labute approximate surface area is 139 Å². The highest BCUT2D eigenvalue weighted by atomic mass is 32.2. The fourth-order valence-corrected chi connectivity index (χ4v) is 3.43. The molecule has 1 atom stereocenters. The maximum atomic E-state index is 12.1. The van der Waals surface area contributed by atoms with E-state index >= 15 is 0 Å². The quantitative estimate of drug-likeness (QED) is 0.881. The maximum Gasteiger partial charge on any atom is 0.252 e. The van der Waals surface area contributed by atoms with Crippen molar-refractivity contribution in [2.24, 2.45) is 0 Å². The number of carbonyl (C=O) groups is 1. The minimum Gasteiger partial charge on any atom is -0.473 e. The summed E-state index contributed by atoms with van der Waals surface area (Å²) in [5, 5.41) is 2.90. The zero-order chi connectivity index (χ0) is 15.9. The van der Waals surface area contributed by atoms with Crippen molar-refractivity contribution in [2.45, 2.75) is 18.9 Å². The van der Waals surface area contributed by atoms with Crippen LogP contribution in [0.15, 0.2) is 42.9 Å². The molecule has 3 rings (SSSR count). The Kier molecular flexibility index (Phi) is 5.47. The molecule has 2 aromatic heterocycles. The number of nitrogens with zero attached hydrogens (tertiary/aromatic N) is 2. The van der Waals surface area contributed by atoms with E-state index in [0.717, 1.165) is 29.9 Å². The van der Waals surface area contributed by atoms with Crippen LogP contribution >= 0.6 is 11.8 Å². The van der Waals surface area contributed by atoms with E-state index in [9.17, 15) is 4.79 Å². The molecule has 0 bridgehead atoms. The first kappa shape index (κ1) is 15.8. The van der Waals surface area contributed by atoms with Crippen molar-refractivity contribution >= 4 is 17.7 Å². The molecular formula is C17H19N3O2S. The van der Waals surface area contributed by atoms with Gasteiger partial charge in [-0.05, 0) is 42.4 Å². The number of ether oxygens (including phenoxy) is 1. The molecule has 1 aliphatic rings. The number of thioether (sulfide) groups is 1. The van der Waals surface area contributed by atoms with E-state index in [1.165, 1.54) is 0 Å². The first-order valence-corrected chi connectivity index (χ1v) is 8.84. The molecule has 2 aromatic rings. The Morgan fingerprint density at radius 3 is 2.87 bits per heavy atom. The minimum absolute atomic E-state index is 0.116. The second kappa shape index (κ2) is 7.97. The lowest BCUT2D eigenvalue weighted by Crippen LogP contribution is -2.25. The Morgan fingerprint density at radius 2 is 2.17 bits per heavy atom. The van der Waals surface area contributed by atoms with Crippen LogP contribution in [0.25, 0.3) is 0 Å². The molecule has 0 saturated carbocycles. The van der Waals surface area contributed by atoms with Crippen LogP contribution in [0.3, 0.4) is 0 Å². The number of hydrogen-bond donors (Lipinski definition) is 1. The molecule has 3 heterocycles. The summed E-state index contributed by atoms with van der Waals surface area (Å²) in [7, 11) is 0. The van der Waals surface area contributed by atoms with Crippen LogP contribution in [0, 0.1) is 0 Å². The van der Waals surface area contributed by atoms with Gasteiger partial charge in [-0.25, -0.2) is 4.98 Å².